The fraction of sp³-hybridized carbons (Fsp3) is 0.412. The predicted octanol–water partition coefficient (Wildman–Crippen LogP) is 4.00. The van der Waals surface area contributed by atoms with Crippen molar-refractivity contribution in [2.24, 2.45) is 11.3 Å². The van der Waals surface area contributed by atoms with Crippen LogP contribution in [-0.2, 0) is 11.2 Å². The quantitative estimate of drug-likeness (QED) is 0.926. The van der Waals surface area contributed by atoms with E-state index in [0.29, 0.717) is 17.0 Å². The van der Waals surface area contributed by atoms with E-state index in [0.717, 1.165) is 16.9 Å². The minimum absolute atomic E-state index is 0.127. The lowest BCUT2D eigenvalue weighted by Gasteiger charge is -2.26. The Labute approximate surface area is 132 Å². The summed E-state index contributed by atoms with van der Waals surface area (Å²) in [6, 6.07) is 6.48. The zero-order valence-corrected chi connectivity index (χ0v) is 13.0. The molecule has 1 aromatic heterocycles. The molecule has 0 unspecified atom stereocenters. The van der Waals surface area contributed by atoms with E-state index >= 15 is 0 Å². The van der Waals surface area contributed by atoms with Gasteiger partial charge < -0.3 is 5.32 Å². The van der Waals surface area contributed by atoms with Crippen molar-refractivity contribution in [3.63, 3.8) is 0 Å². The third-order valence-electron chi connectivity index (χ3n) is 4.93. The minimum atomic E-state index is -0.227. The van der Waals surface area contributed by atoms with Crippen molar-refractivity contribution in [1.82, 2.24) is 4.98 Å². The van der Waals surface area contributed by atoms with Gasteiger partial charge in [0.1, 0.15) is 5.82 Å². The predicted molar refractivity (Wildman–Crippen MR) is 84.3 cm³/mol. The van der Waals surface area contributed by atoms with Crippen LogP contribution >= 0.6 is 11.3 Å². The van der Waals surface area contributed by atoms with Crippen LogP contribution < -0.4 is 5.32 Å². The Bertz CT molecular complexity index is 706. The molecule has 1 amide bonds. The van der Waals surface area contributed by atoms with Crippen LogP contribution in [0.25, 0.3) is 0 Å². The molecule has 0 aliphatic heterocycles. The summed E-state index contributed by atoms with van der Waals surface area (Å²) in [7, 11) is 0. The van der Waals surface area contributed by atoms with Crippen LogP contribution in [0.4, 0.5) is 9.52 Å². The number of hydrogen-bond acceptors (Lipinski definition) is 3. The van der Waals surface area contributed by atoms with Crippen LogP contribution in [0.2, 0.25) is 0 Å². The van der Waals surface area contributed by atoms with E-state index in [1.165, 1.54) is 42.7 Å². The zero-order valence-electron chi connectivity index (χ0n) is 12.1. The second kappa shape index (κ2) is 5.16. The summed E-state index contributed by atoms with van der Waals surface area (Å²) in [5.74, 6) is 0.100. The summed E-state index contributed by atoms with van der Waals surface area (Å²) < 4.78 is 12.9. The van der Waals surface area contributed by atoms with E-state index in [2.05, 4.69) is 10.3 Å². The minimum Gasteiger partial charge on any atom is -0.302 e. The first-order chi connectivity index (χ1) is 10.6. The standard InChI is InChI=1S/C17H17FN2OS/c18-12-4-2-11(3-5-12)8-13-10-19-16(22-13)20-15(21)14-9-17(14)6-1-7-17/h2-5,10,14H,1,6-9H2,(H,19,20,21)/t14-/m0/s1. The topological polar surface area (TPSA) is 42.0 Å². The van der Waals surface area contributed by atoms with Crippen molar-refractivity contribution in [3.05, 3.63) is 46.7 Å². The van der Waals surface area contributed by atoms with Crippen molar-refractivity contribution >= 4 is 22.4 Å². The molecule has 0 saturated heterocycles. The number of rotatable bonds is 4. The van der Waals surface area contributed by atoms with Crippen molar-refractivity contribution in [2.75, 3.05) is 5.32 Å². The largest absolute Gasteiger partial charge is 0.302 e. The molecule has 22 heavy (non-hydrogen) atoms. The van der Waals surface area contributed by atoms with Crippen LogP contribution in [0.1, 0.15) is 36.1 Å². The fourth-order valence-corrected chi connectivity index (χ4v) is 4.19. The second-order valence-electron chi connectivity index (χ2n) is 6.40. The number of hydrogen-bond donors (Lipinski definition) is 1. The Balaban J connectivity index is 1.37. The van der Waals surface area contributed by atoms with Crippen LogP contribution in [-0.4, -0.2) is 10.9 Å². The molecule has 2 aromatic rings. The zero-order chi connectivity index (χ0) is 15.2. The summed E-state index contributed by atoms with van der Waals surface area (Å²) in [5, 5.41) is 3.62. The highest BCUT2D eigenvalue weighted by Crippen LogP contribution is 2.65. The summed E-state index contributed by atoms with van der Waals surface area (Å²) >= 11 is 1.49. The van der Waals surface area contributed by atoms with E-state index in [-0.39, 0.29) is 17.6 Å². The maximum atomic E-state index is 12.9. The molecule has 0 radical (unpaired) electrons. The number of nitrogens with zero attached hydrogens (tertiary/aromatic N) is 1. The smallest absolute Gasteiger partial charge is 0.229 e. The van der Waals surface area contributed by atoms with E-state index in [1.54, 1.807) is 18.3 Å². The number of nitrogens with one attached hydrogen (secondary N) is 1. The Morgan fingerprint density at radius 1 is 1.36 bits per heavy atom. The van der Waals surface area contributed by atoms with Crippen molar-refractivity contribution in [3.8, 4) is 0 Å². The monoisotopic (exact) mass is 316 g/mol. The maximum Gasteiger partial charge on any atom is 0.229 e. The molecule has 3 nitrogen and oxygen atoms in total. The molecular formula is C17H17FN2OS. The third-order valence-corrected chi connectivity index (χ3v) is 5.84. The van der Waals surface area contributed by atoms with Gasteiger partial charge in [0.25, 0.3) is 0 Å². The average Bonchev–Trinajstić information content (AvgIpc) is 3.11. The van der Waals surface area contributed by atoms with Crippen LogP contribution in [0.15, 0.2) is 30.5 Å². The summed E-state index contributed by atoms with van der Waals surface area (Å²) in [5.41, 5.74) is 1.39. The van der Waals surface area contributed by atoms with Crippen molar-refractivity contribution < 1.29 is 9.18 Å². The van der Waals surface area contributed by atoms with Gasteiger partial charge in [-0.1, -0.05) is 18.6 Å². The normalized spacial score (nSPS) is 21.4. The van der Waals surface area contributed by atoms with Gasteiger partial charge in [-0.2, -0.15) is 0 Å². The Hall–Kier alpha value is -1.75. The first-order valence-electron chi connectivity index (χ1n) is 7.65. The molecular weight excluding hydrogens is 299 g/mol. The van der Waals surface area contributed by atoms with Gasteiger partial charge >= 0.3 is 0 Å². The van der Waals surface area contributed by atoms with Gasteiger partial charge in [0.2, 0.25) is 5.91 Å². The lowest BCUT2D eigenvalue weighted by atomic mass is 9.80. The van der Waals surface area contributed by atoms with Gasteiger partial charge in [0.15, 0.2) is 5.13 Å². The van der Waals surface area contributed by atoms with Gasteiger partial charge in [-0.15, -0.1) is 11.3 Å². The average molecular weight is 316 g/mol. The number of thiazole rings is 1. The number of aromatic nitrogens is 1. The molecule has 2 fully saturated rings. The highest BCUT2D eigenvalue weighted by molar-refractivity contribution is 7.15. The van der Waals surface area contributed by atoms with E-state index in [4.69, 9.17) is 0 Å². The van der Waals surface area contributed by atoms with Gasteiger partial charge in [0.05, 0.1) is 0 Å². The molecule has 2 saturated carbocycles. The molecule has 2 aliphatic rings. The lowest BCUT2D eigenvalue weighted by molar-refractivity contribution is -0.118. The van der Waals surface area contributed by atoms with Gasteiger partial charge in [-0.05, 0) is 42.4 Å². The number of benzene rings is 1. The Morgan fingerprint density at radius 2 is 2.14 bits per heavy atom. The summed E-state index contributed by atoms with van der Waals surface area (Å²) in [6.45, 7) is 0. The van der Waals surface area contributed by atoms with E-state index in [9.17, 15) is 9.18 Å². The SMILES string of the molecule is O=C(Nc1ncc(Cc2ccc(F)cc2)s1)[C@@H]1CC12CCC2. The number of amides is 1. The molecule has 2 aliphatic carbocycles. The summed E-state index contributed by atoms with van der Waals surface area (Å²) in [4.78, 5) is 17.6. The highest BCUT2D eigenvalue weighted by atomic mass is 32.1. The molecule has 1 heterocycles. The summed E-state index contributed by atoms with van der Waals surface area (Å²) in [6.07, 6.45) is 7.23. The van der Waals surface area contributed by atoms with E-state index < -0.39 is 0 Å². The second-order valence-corrected chi connectivity index (χ2v) is 7.51. The number of halogens is 1. The maximum absolute atomic E-state index is 12.9. The molecule has 1 atom stereocenters. The van der Waals surface area contributed by atoms with Gasteiger partial charge in [-0.25, -0.2) is 9.37 Å². The lowest BCUT2D eigenvalue weighted by Crippen LogP contribution is -2.23. The molecule has 0 bridgehead atoms. The molecule has 1 aromatic carbocycles. The fourth-order valence-electron chi connectivity index (χ4n) is 3.34. The number of anilines is 1. The molecule has 4 rings (SSSR count). The Morgan fingerprint density at radius 3 is 2.77 bits per heavy atom. The van der Waals surface area contributed by atoms with Gasteiger partial charge in [0, 0.05) is 23.4 Å². The van der Waals surface area contributed by atoms with E-state index in [1.807, 2.05) is 0 Å². The number of carbonyl (C=O) groups is 1. The third kappa shape index (κ3) is 2.54. The highest BCUT2D eigenvalue weighted by Gasteiger charge is 2.60. The van der Waals surface area contributed by atoms with Crippen molar-refractivity contribution in [2.45, 2.75) is 32.1 Å². The molecule has 1 spiro atoms. The first-order valence-corrected chi connectivity index (χ1v) is 8.46. The first kappa shape index (κ1) is 13.9. The van der Waals surface area contributed by atoms with Crippen molar-refractivity contribution in [1.29, 1.82) is 0 Å². The molecule has 1 N–H and O–H groups in total. The van der Waals surface area contributed by atoms with Crippen LogP contribution in [0.3, 0.4) is 0 Å². The Kier molecular flexibility index (Phi) is 3.26. The van der Waals surface area contributed by atoms with Crippen LogP contribution in [0.5, 0.6) is 0 Å². The van der Waals surface area contributed by atoms with Crippen LogP contribution in [0, 0.1) is 17.2 Å². The molecule has 5 heteroatoms. The van der Waals surface area contributed by atoms with Gasteiger partial charge in [-0.3, -0.25) is 4.79 Å². The molecule has 114 valence electrons. The number of carbonyl (C=O) groups excluding carboxylic acids is 1.